The number of ether oxygens (including phenoxy) is 8. The highest BCUT2D eigenvalue weighted by Crippen LogP contribution is 2.59. The van der Waals surface area contributed by atoms with Crippen LogP contribution in [0.3, 0.4) is 0 Å². The Kier molecular flexibility index (Phi) is 45.0. The Bertz CT molecular complexity index is 2400. The molecule has 2 fully saturated rings. The Morgan fingerprint density at radius 1 is 0.695 bits per heavy atom. The first-order chi connectivity index (χ1) is 44.6. The fourth-order valence-corrected chi connectivity index (χ4v) is 13.2. The van der Waals surface area contributed by atoms with Gasteiger partial charge in [-0.3, -0.25) is 9.59 Å². The topological polar surface area (TPSA) is 166 Å². The van der Waals surface area contributed by atoms with Gasteiger partial charge in [0.15, 0.2) is 0 Å². The summed E-state index contributed by atoms with van der Waals surface area (Å²) in [7, 11) is 3.54. The van der Waals surface area contributed by atoms with Crippen molar-refractivity contribution < 1.29 is 57.1 Å². The number of nitrogens with one attached hydrogen (secondary N) is 2. The molecule has 546 valence electrons. The summed E-state index contributed by atoms with van der Waals surface area (Å²) in [6, 6.07) is 20.9. The van der Waals surface area contributed by atoms with Gasteiger partial charge in [-0.05, 0) is 238 Å². The van der Waals surface area contributed by atoms with Crippen molar-refractivity contribution in [2.24, 2.45) is 39.9 Å². The molecule has 0 bridgehead atoms. The van der Waals surface area contributed by atoms with Gasteiger partial charge in [0, 0.05) is 50.5 Å². The summed E-state index contributed by atoms with van der Waals surface area (Å²) in [5.74, 6) is 1.77. The summed E-state index contributed by atoms with van der Waals surface area (Å²) in [5.41, 5.74) is 2.83. The number of carbonyl (C=O) groups is 4. The summed E-state index contributed by atoms with van der Waals surface area (Å²) in [6.07, 6.45) is 20.6. The number of amides is 1. The minimum absolute atomic E-state index is 0.0484. The van der Waals surface area contributed by atoms with Crippen LogP contribution in [0.25, 0.3) is 0 Å². The highest BCUT2D eigenvalue weighted by Gasteiger charge is 2.50. The second-order valence-corrected chi connectivity index (χ2v) is 30.2. The number of rotatable bonds is 43. The first-order valence-electron chi connectivity index (χ1n) is 35.9. The van der Waals surface area contributed by atoms with Crippen molar-refractivity contribution in [3.05, 3.63) is 109 Å². The van der Waals surface area contributed by atoms with Crippen molar-refractivity contribution in [2.75, 3.05) is 73.5 Å². The number of unbranched alkanes of at least 4 members (excludes halogenated alkanes) is 2. The number of hydrogen-bond acceptors (Lipinski definition) is 13. The molecule has 0 aromatic heterocycles. The molecule has 1 amide bonds. The highest BCUT2D eigenvalue weighted by molar-refractivity contribution is 5.87. The molecule has 6 atom stereocenters. The van der Waals surface area contributed by atoms with Gasteiger partial charge in [0.1, 0.15) is 5.60 Å². The maximum absolute atomic E-state index is 11.3. The molecule has 14 heteroatoms. The van der Waals surface area contributed by atoms with E-state index in [9.17, 15) is 19.2 Å². The molecule has 14 nitrogen and oxygen atoms in total. The first kappa shape index (κ1) is 90.3. The number of carbonyl (C=O) groups excluding carboxylic acids is 4. The predicted octanol–water partition coefficient (Wildman–Crippen LogP) is 18.2. The van der Waals surface area contributed by atoms with Crippen molar-refractivity contribution >= 4 is 24.8 Å². The summed E-state index contributed by atoms with van der Waals surface area (Å²) in [4.78, 5) is 42.6. The van der Waals surface area contributed by atoms with Crippen molar-refractivity contribution in [2.45, 2.75) is 269 Å². The number of methoxy groups -OCH3 is 1. The predicted molar refractivity (Wildman–Crippen MR) is 394 cm³/mol. The van der Waals surface area contributed by atoms with Crippen LogP contribution in [0.2, 0.25) is 0 Å². The molecular weight excluding hydrogens is 1190 g/mol. The molecule has 0 spiro atoms. The molecule has 2 aromatic carbocycles. The van der Waals surface area contributed by atoms with Crippen LogP contribution >= 0.6 is 0 Å². The van der Waals surface area contributed by atoms with Crippen LogP contribution < -0.4 is 10.6 Å². The smallest absolute Gasteiger partial charge is 0.333 e. The third-order valence-electron chi connectivity index (χ3n) is 19.3. The first-order valence-corrected chi connectivity index (χ1v) is 35.9. The van der Waals surface area contributed by atoms with E-state index in [-0.39, 0.29) is 51.6 Å². The highest BCUT2D eigenvalue weighted by atomic mass is 16.5. The molecule has 6 unspecified atom stereocenters. The van der Waals surface area contributed by atoms with Crippen molar-refractivity contribution in [1.82, 2.24) is 10.6 Å². The minimum atomic E-state index is -0.662. The zero-order chi connectivity index (χ0) is 72.4. The van der Waals surface area contributed by atoms with Crippen LogP contribution in [0.5, 0.6) is 0 Å². The Hall–Kier alpha value is -4.70. The zero-order valence-electron chi connectivity index (χ0n) is 64.2. The van der Waals surface area contributed by atoms with Gasteiger partial charge in [-0.1, -0.05) is 141 Å². The maximum atomic E-state index is 11.3. The molecule has 2 N–H and O–H groups in total. The Morgan fingerprint density at radius 3 is 1.71 bits per heavy atom. The summed E-state index contributed by atoms with van der Waals surface area (Å²) >= 11 is 0. The van der Waals surface area contributed by atoms with E-state index in [1.807, 2.05) is 59.9 Å². The molecule has 95 heavy (non-hydrogen) atoms. The van der Waals surface area contributed by atoms with Crippen LogP contribution in [-0.2, 0) is 63.5 Å². The van der Waals surface area contributed by atoms with E-state index >= 15 is 0 Å². The second kappa shape index (κ2) is 47.3. The Balaban J connectivity index is 0.00000251. The van der Waals surface area contributed by atoms with Gasteiger partial charge in [-0.25, -0.2) is 9.59 Å². The van der Waals surface area contributed by atoms with Crippen molar-refractivity contribution in [1.29, 1.82) is 0 Å². The van der Waals surface area contributed by atoms with E-state index in [1.54, 1.807) is 21.0 Å². The second-order valence-electron chi connectivity index (χ2n) is 30.2. The molecule has 0 heterocycles. The average molecular weight is 1330 g/mol. The molecule has 0 aliphatic heterocycles. The van der Waals surface area contributed by atoms with E-state index in [0.29, 0.717) is 74.1 Å². The standard InChI is InChI=1S/C60H98O6.C8H13NO3.C8H15NO2.C3H8O.C2H6/c1-16-49-39-59(14,43-55(6,7)64-37-26-24-34-54(4,5)58(12,13)65-38-33-48-28-19-17-20-29-48)35-32-52(49)51-40-60(15,41-51)44-56(8,9)63-36-25-23-27-46(2)47(3)62-42-53(57(10,11)66-45-61)50-30-21-18-22-31-50;1-7(2)8(11)12-5-3-4-9-6-10;1-7(2)8(10)11-6-4-5-9-3;1-3-4-2;1-2/h16-22,28-31,45-47,49,51-53H,1,23-27,32-44H2,2-15H3;6H,1,3-5H2,2H3,(H,9,10);9H,1,4-6H2,2-3H3;3H2,1-2H3;1-2H3. The van der Waals surface area contributed by atoms with Gasteiger partial charge in [0.2, 0.25) is 6.41 Å². The molecule has 0 saturated heterocycles. The van der Waals surface area contributed by atoms with Crippen molar-refractivity contribution in [3.63, 3.8) is 0 Å². The molecule has 2 aliphatic rings. The van der Waals surface area contributed by atoms with Crippen LogP contribution in [-0.4, -0.2) is 127 Å². The lowest BCUT2D eigenvalue weighted by atomic mass is 9.51. The van der Waals surface area contributed by atoms with Crippen molar-refractivity contribution in [3.8, 4) is 0 Å². The number of esters is 2. The zero-order valence-corrected chi connectivity index (χ0v) is 64.2. The van der Waals surface area contributed by atoms with Crippen LogP contribution in [0.4, 0.5) is 0 Å². The molecule has 4 rings (SSSR count). The number of benzene rings is 2. The van der Waals surface area contributed by atoms with E-state index in [0.717, 1.165) is 115 Å². The van der Waals surface area contributed by atoms with Gasteiger partial charge in [-0.15, -0.1) is 6.58 Å². The van der Waals surface area contributed by atoms with Crippen LogP contribution in [0.15, 0.2) is 97.6 Å². The largest absolute Gasteiger partial charge is 0.462 e. The van der Waals surface area contributed by atoms with Crippen LogP contribution in [0.1, 0.15) is 245 Å². The molecular formula is C81H140N2O12. The SMILES string of the molecule is C=C(C)C(=O)OCCCNC.C=C(C)C(=O)OCCCNC=O.C=CC1CC(C)(CC(C)(C)OCCCCC(C)(C)C(C)(C)OCCc2ccccc2)CCC1C1CC(C)(CC(C)(C)OCCCCC(C)C(C)OCC(c2ccccc2)C(C)(C)OC=O)C1.CC.CCOC. The van der Waals surface area contributed by atoms with E-state index in [1.165, 1.54) is 37.7 Å². The normalized spacial score (nSPS) is 19.6. The Labute approximate surface area is 580 Å². The molecule has 2 aromatic rings. The third kappa shape index (κ3) is 37.7. The van der Waals surface area contributed by atoms with E-state index < -0.39 is 5.60 Å². The molecule has 2 aliphatic carbocycles. The fraction of sp³-hybridized carbons (Fsp3) is 0.728. The van der Waals surface area contributed by atoms with Gasteiger partial charge >= 0.3 is 11.9 Å². The lowest BCUT2D eigenvalue weighted by Gasteiger charge is -2.55. The fourth-order valence-electron chi connectivity index (χ4n) is 13.2. The van der Waals surface area contributed by atoms with E-state index in [2.05, 4.69) is 167 Å². The Morgan fingerprint density at radius 2 is 1.21 bits per heavy atom. The minimum Gasteiger partial charge on any atom is -0.462 e. The maximum Gasteiger partial charge on any atom is 0.333 e. The van der Waals surface area contributed by atoms with Crippen LogP contribution in [0, 0.1) is 39.9 Å². The van der Waals surface area contributed by atoms with Gasteiger partial charge in [0.25, 0.3) is 6.47 Å². The molecule has 2 saturated carbocycles. The van der Waals surface area contributed by atoms with Gasteiger partial charge < -0.3 is 48.5 Å². The summed E-state index contributed by atoms with van der Waals surface area (Å²) < 4.78 is 45.9. The third-order valence-corrected chi connectivity index (χ3v) is 19.3. The number of hydrogen-bond donors (Lipinski definition) is 2. The summed E-state index contributed by atoms with van der Waals surface area (Å²) in [5, 5.41) is 5.41. The summed E-state index contributed by atoms with van der Waals surface area (Å²) in [6.45, 7) is 58.7. The lowest BCUT2D eigenvalue weighted by Crippen LogP contribution is -2.47. The van der Waals surface area contributed by atoms with Gasteiger partial charge in [0.05, 0.1) is 49.3 Å². The molecule has 0 radical (unpaired) electrons. The monoisotopic (exact) mass is 1330 g/mol. The van der Waals surface area contributed by atoms with E-state index in [4.69, 9.17) is 33.2 Å². The average Bonchev–Trinajstić information content (AvgIpc) is 0.759. The van der Waals surface area contributed by atoms with Gasteiger partial charge in [-0.2, -0.15) is 0 Å². The lowest BCUT2D eigenvalue weighted by molar-refractivity contribution is -0.145. The quantitative estimate of drug-likeness (QED) is 0.0161. The number of allylic oxidation sites excluding steroid dienone is 1.